The van der Waals surface area contributed by atoms with Gasteiger partial charge in [-0.1, -0.05) is 30.8 Å². The Kier molecular flexibility index (Phi) is 7.58. The van der Waals surface area contributed by atoms with E-state index in [4.69, 9.17) is 14.2 Å². The topological polar surface area (TPSA) is 84.7 Å². The van der Waals surface area contributed by atoms with Crippen LogP contribution in [0, 0.1) is 17.1 Å². The number of nitriles is 1. The lowest BCUT2D eigenvalue weighted by Crippen LogP contribution is -2.20. The molecule has 0 bridgehead atoms. The summed E-state index contributed by atoms with van der Waals surface area (Å²) in [7, 11) is 6.55. The Balaban J connectivity index is 1.90. The minimum absolute atomic E-state index is 0.270. The van der Waals surface area contributed by atoms with Gasteiger partial charge in [0, 0.05) is 36.7 Å². The van der Waals surface area contributed by atoms with E-state index in [0.29, 0.717) is 33.4 Å². The maximum atomic E-state index is 13.5. The number of benzene rings is 3. The number of hydrogen-bond acceptors (Lipinski definition) is 7. The van der Waals surface area contributed by atoms with Gasteiger partial charge in [0.25, 0.3) is 0 Å². The molecule has 1 unspecified atom stereocenters. The third-order valence-corrected chi connectivity index (χ3v) is 6.11. The summed E-state index contributed by atoms with van der Waals surface area (Å²) in [6.45, 7) is 4.36. The zero-order chi connectivity index (χ0) is 27.4. The van der Waals surface area contributed by atoms with Crippen molar-refractivity contribution in [3.63, 3.8) is 0 Å². The molecule has 38 heavy (non-hydrogen) atoms. The SMILES string of the molecule is C=C(c1ccc(C#N)cc1)c1c(N(C)C)cnc2cc(OC)c(OC(C(=O)OC)c3ccc(F)cc3)cc12. The van der Waals surface area contributed by atoms with Gasteiger partial charge in [-0.25, -0.2) is 9.18 Å². The third-order valence-electron chi connectivity index (χ3n) is 6.11. The number of halogens is 1. The van der Waals surface area contributed by atoms with Crippen molar-refractivity contribution in [2.45, 2.75) is 6.10 Å². The summed E-state index contributed by atoms with van der Waals surface area (Å²) < 4.78 is 30.2. The zero-order valence-electron chi connectivity index (χ0n) is 21.5. The number of esters is 1. The van der Waals surface area contributed by atoms with Crippen molar-refractivity contribution in [3.05, 3.63) is 102 Å². The number of hydrogen-bond donors (Lipinski definition) is 0. The third kappa shape index (κ3) is 5.13. The average molecular weight is 512 g/mol. The average Bonchev–Trinajstić information content (AvgIpc) is 2.94. The number of fused-ring (bicyclic) bond motifs is 1. The maximum Gasteiger partial charge on any atom is 0.351 e. The van der Waals surface area contributed by atoms with Crippen LogP contribution in [-0.4, -0.2) is 39.3 Å². The summed E-state index contributed by atoms with van der Waals surface area (Å²) in [6.07, 6.45) is 0.588. The lowest BCUT2D eigenvalue weighted by Gasteiger charge is -2.23. The second-order valence-electron chi connectivity index (χ2n) is 8.67. The number of aromatic nitrogens is 1. The van der Waals surface area contributed by atoms with E-state index in [-0.39, 0.29) is 5.75 Å². The number of carbonyl (C=O) groups excluding carboxylic acids is 1. The number of nitrogens with zero attached hydrogens (tertiary/aromatic N) is 3. The number of carbonyl (C=O) groups is 1. The zero-order valence-corrected chi connectivity index (χ0v) is 21.5. The molecule has 0 N–H and O–H groups in total. The van der Waals surface area contributed by atoms with Crippen molar-refractivity contribution in [3.8, 4) is 17.6 Å². The summed E-state index contributed by atoms with van der Waals surface area (Å²) in [5, 5.41) is 9.89. The summed E-state index contributed by atoms with van der Waals surface area (Å²) in [4.78, 5) is 19.2. The van der Waals surface area contributed by atoms with E-state index in [0.717, 1.165) is 16.8 Å². The number of rotatable bonds is 8. The van der Waals surface area contributed by atoms with Crippen molar-refractivity contribution < 1.29 is 23.4 Å². The van der Waals surface area contributed by atoms with Crippen LogP contribution >= 0.6 is 0 Å². The van der Waals surface area contributed by atoms with Gasteiger partial charge in [-0.05, 0) is 41.5 Å². The molecule has 0 fully saturated rings. The van der Waals surface area contributed by atoms with Crippen LogP contribution in [-0.2, 0) is 9.53 Å². The molecule has 3 aromatic carbocycles. The molecule has 0 aliphatic carbocycles. The molecule has 8 heteroatoms. The molecule has 0 spiro atoms. The van der Waals surface area contributed by atoms with E-state index in [9.17, 15) is 14.4 Å². The van der Waals surface area contributed by atoms with Crippen LogP contribution in [0.15, 0.2) is 73.4 Å². The van der Waals surface area contributed by atoms with E-state index >= 15 is 0 Å². The first kappa shape index (κ1) is 26.2. The van der Waals surface area contributed by atoms with Crippen LogP contribution < -0.4 is 14.4 Å². The highest BCUT2D eigenvalue weighted by atomic mass is 19.1. The monoisotopic (exact) mass is 511 g/mol. The second-order valence-corrected chi connectivity index (χ2v) is 8.67. The summed E-state index contributed by atoms with van der Waals surface area (Å²) in [5.41, 5.74) is 4.74. The van der Waals surface area contributed by atoms with Gasteiger partial charge in [0.05, 0.1) is 43.3 Å². The van der Waals surface area contributed by atoms with E-state index in [1.54, 1.807) is 30.5 Å². The van der Waals surface area contributed by atoms with Gasteiger partial charge in [0.2, 0.25) is 6.10 Å². The van der Waals surface area contributed by atoms with Crippen LogP contribution in [0.3, 0.4) is 0 Å². The molecule has 0 aliphatic rings. The standard InChI is InChI=1S/C30H26FN3O4/c1-18(20-8-6-19(16-32)7-9-20)28-23-14-27(26(36-4)15-24(23)33-17-25(28)34(2)3)38-29(30(35)37-5)21-10-12-22(31)13-11-21/h6-15,17,29H,1H2,2-5H3. The van der Waals surface area contributed by atoms with Gasteiger partial charge in [0.1, 0.15) is 5.82 Å². The molecule has 192 valence electrons. The Hall–Kier alpha value is -4.90. The predicted octanol–water partition coefficient (Wildman–Crippen LogP) is 5.67. The Morgan fingerprint density at radius 1 is 1.05 bits per heavy atom. The lowest BCUT2D eigenvalue weighted by atomic mass is 9.94. The fourth-order valence-electron chi connectivity index (χ4n) is 4.11. The van der Waals surface area contributed by atoms with Crippen LogP contribution in [0.2, 0.25) is 0 Å². The first-order valence-electron chi connectivity index (χ1n) is 11.6. The lowest BCUT2D eigenvalue weighted by molar-refractivity contribution is -0.149. The molecule has 4 aromatic rings. The molecule has 7 nitrogen and oxygen atoms in total. The molecule has 0 saturated heterocycles. The smallest absolute Gasteiger partial charge is 0.351 e. The maximum absolute atomic E-state index is 13.5. The molecule has 0 saturated carbocycles. The van der Waals surface area contributed by atoms with Gasteiger partial charge in [-0.3, -0.25) is 4.98 Å². The largest absolute Gasteiger partial charge is 0.493 e. The second kappa shape index (κ2) is 11.0. The highest BCUT2D eigenvalue weighted by molar-refractivity contribution is 6.01. The van der Waals surface area contributed by atoms with Gasteiger partial charge in [-0.2, -0.15) is 5.26 Å². The highest BCUT2D eigenvalue weighted by Gasteiger charge is 2.26. The Morgan fingerprint density at radius 3 is 2.32 bits per heavy atom. The van der Waals surface area contributed by atoms with Gasteiger partial charge in [0.15, 0.2) is 11.5 Å². The van der Waals surface area contributed by atoms with E-state index in [1.165, 1.54) is 38.5 Å². The van der Waals surface area contributed by atoms with Crippen molar-refractivity contribution in [2.75, 3.05) is 33.2 Å². The van der Waals surface area contributed by atoms with E-state index < -0.39 is 17.9 Å². The minimum atomic E-state index is -1.16. The first-order valence-corrected chi connectivity index (χ1v) is 11.6. The van der Waals surface area contributed by atoms with Gasteiger partial charge in [-0.15, -0.1) is 0 Å². The molecular formula is C30H26FN3O4. The Morgan fingerprint density at radius 2 is 1.74 bits per heavy atom. The van der Waals surface area contributed by atoms with Gasteiger partial charge >= 0.3 is 5.97 Å². The number of ether oxygens (including phenoxy) is 3. The number of methoxy groups -OCH3 is 2. The normalized spacial score (nSPS) is 11.4. The van der Waals surface area contributed by atoms with Gasteiger partial charge < -0.3 is 19.1 Å². The molecule has 0 aliphatic heterocycles. The molecule has 1 heterocycles. The number of anilines is 1. The summed E-state index contributed by atoms with van der Waals surface area (Å²) in [6, 6.07) is 18.2. The first-order chi connectivity index (χ1) is 18.3. The predicted molar refractivity (Wildman–Crippen MR) is 144 cm³/mol. The minimum Gasteiger partial charge on any atom is -0.493 e. The summed E-state index contributed by atoms with van der Waals surface area (Å²) >= 11 is 0. The van der Waals surface area contributed by atoms with Crippen LogP contribution in [0.1, 0.15) is 28.4 Å². The highest BCUT2D eigenvalue weighted by Crippen LogP contribution is 2.41. The van der Waals surface area contributed by atoms with E-state index in [1.807, 2.05) is 31.1 Å². The molecule has 1 atom stereocenters. The van der Waals surface area contributed by atoms with Crippen LogP contribution in [0.25, 0.3) is 16.5 Å². The van der Waals surface area contributed by atoms with Crippen molar-refractivity contribution in [2.24, 2.45) is 0 Å². The molecule has 0 amide bonds. The fraction of sp³-hybridized carbons (Fsp3) is 0.167. The molecular weight excluding hydrogens is 485 g/mol. The number of pyridine rings is 1. The van der Waals surface area contributed by atoms with E-state index in [2.05, 4.69) is 17.6 Å². The molecule has 4 rings (SSSR count). The van der Waals surface area contributed by atoms with Crippen molar-refractivity contribution >= 4 is 28.1 Å². The van der Waals surface area contributed by atoms with Crippen molar-refractivity contribution in [1.29, 1.82) is 5.26 Å². The van der Waals surface area contributed by atoms with Crippen molar-refractivity contribution in [1.82, 2.24) is 4.98 Å². The molecule has 0 radical (unpaired) electrons. The quantitative estimate of drug-likeness (QED) is 0.282. The Bertz CT molecular complexity index is 1540. The summed E-state index contributed by atoms with van der Waals surface area (Å²) in [5.74, 6) is -0.463. The Labute approximate surface area is 220 Å². The van der Waals surface area contributed by atoms with Crippen LogP contribution in [0.4, 0.5) is 10.1 Å². The molecule has 1 aromatic heterocycles. The van der Waals surface area contributed by atoms with Crippen LogP contribution in [0.5, 0.6) is 11.5 Å². The fourth-order valence-corrected chi connectivity index (χ4v) is 4.11.